The molecule has 0 unspecified atom stereocenters. The van der Waals surface area contributed by atoms with Gasteiger partial charge in [-0.25, -0.2) is 5.43 Å². The second kappa shape index (κ2) is 8.57. The van der Waals surface area contributed by atoms with E-state index in [1.54, 1.807) is 18.5 Å². The summed E-state index contributed by atoms with van der Waals surface area (Å²) >= 11 is 0. The number of hydrogen-bond acceptors (Lipinski definition) is 4. The van der Waals surface area contributed by atoms with Crippen LogP contribution in [-0.4, -0.2) is 23.0 Å². The zero-order valence-electron chi connectivity index (χ0n) is 13.7. The minimum absolute atomic E-state index is 0.0705. The van der Waals surface area contributed by atoms with Crippen molar-refractivity contribution in [3.8, 4) is 0 Å². The molecular formula is C18H20N4O2. The molecule has 2 rings (SSSR count). The number of nitrogens with zero attached hydrogens (tertiary/aromatic N) is 2. The third-order valence-electron chi connectivity index (χ3n) is 3.46. The Morgan fingerprint density at radius 3 is 2.62 bits per heavy atom. The molecule has 6 nitrogen and oxygen atoms in total. The van der Waals surface area contributed by atoms with Crippen molar-refractivity contribution < 1.29 is 9.59 Å². The lowest BCUT2D eigenvalue weighted by Crippen LogP contribution is -2.20. The lowest BCUT2D eigenvalue weighted by atomic mass is 10.1. The highest BCUT2D eigenvalue weighted by atomic mass is 16.2. The summed E-state index contributed by atoms with van der Waals surface area (Å²) < 4.78 is 0. The summed E-state index contributed by atoms with van der Waals surface area (Å²) in [5.74, 6) is -0.519. The quantitative estimate of drug-likeness (QED) is 0.633. The summed E-state index contributed by atoms with van der Waals surface area (Å²) in [7, 11) is 0. The van der Waals surface area contributed by atoms with E-state index in [0.29, 0.717) is 0 Å². The number of rotatable bonds is 6. The fraction of sp³-hybridized carbons (Fsp3) is 0.222. The second-order valence-corrected chi connectivity index (χ2v) is 5.43. The van der Waals surface area contributed by atoms with E-state index in [2.05, 4.69) is 20.8 Å². The first-order chi connectivity index (χ1) is 11.5. The minimum atomic E-state index is -0.314. The smallest absolute Gasteiger partial charge is 0.240 e. The maximum Gasteiger partial charge on any atom is 0.240 e. The normalized spacial score (nSPS) is 10.6. The van der Waals surface area contributed by atoms with Crippen LogP contribution in [0.4, 0.5) is 5.69 Å². The van der Waals surface area contributed by atoms with Gasteiger partial charge >= 0.3 is 0 Å². The summed E-state index contributed by atoms with van der Waals surface area (Å²) in [6.45, 7) is 4.00. The maximum absolute atomic E-state index is 11.9. The number of amides is 2. The molecule has 0 saturated carbocycles. The molecule has 0 saturated heterocycles. The molecule has 0 aliphatic heterocycles. The van der Waals surface area contributed by atoms with Crippen LogP contribution in [-0.2, 0) is 9.59 Å². The third kappa shape index (κ3) is 5.64. The van der Waals surface area contributed by atoms with Crippen molar-refractivity contribution in [1.82, 2.24) is 10.4 Å². The molecule has 0 aliphatic rings. The fourth-order valence-electron chi connectivity index (χ4n) is 1.96. The van der Waals surface area contributed by atoms with Gasteiger partial charge in [0.05, 0.1) is 6.21 Å². The molecule has 2 amide bonds. The Morgan fingerprint density at radius 1 is 1.12 bits per heavy atom. The Bertz CT molecular complexity index is 742. The zero-order valence-corrected chi connectivity index (χ0v) is 13.7. The molecule has 0 spiro atoms. The molecule has 1 aromatic heterocycles. The average molecular weight is 324 g/mol. The Morgan fingerprint density at radius 2 is 1.92 bits per heavy atom. The molecule has 0 fully saturated rings. The highest BCUT2D eigenvalue weighted by molar-refractivity contribution is 5.93. The van der Waals surface area contributed by atoms with Gasteiger partial charge in [0, 0.05) is 36.5 Å². The Kier molecular flexibility index (Phi) is 6.19. The van der Waals surface area contributed by atoms with Crippen molar-refractivity contribution in [1.29, 1.82) is 0 Å². The van der Waals surface area contributed by atoms with E-state index in [9.17, 15) is 9.59 Å². The number of pyridine rings is 1. The van der Waals surface area contributed by atoms with Crippen LogP contribution in [0.3, 0.4) is 0 Å². The summed E-state index contributed by atoms with van der Waals surface area (Å²) in [5, 5.41) is 6.61. The Hall–Kier alpha value is -3.02. The van der Waals surface area contributed by atoms with Gasteiger partial charge in [-0.15, -0.1) is 0 Å². The molecule has 2 N–H and O–H groups in total. The van der Waals surface area contributed by atoms with Gasteiger partial charge in [-0.05, 0) is 43.2 Å². The number of hydrogen-bond donors (Lipinski definition) is 2. The third-order valence-corrected chi connectivity index (χ3v) is 3.46. The highest BCUT2D eigenvalue weighted by Gasteiger charge is 2.07. The molecule has 1 heterocycles. The van der Waals surface area contributed by atoms with Gasteiger partial charge in [0.2, 0.25) is 11.8 Å². The minimum Gasteiger partial charge on any atom is -0.326 e. The molecule has 124 valence electrons. The summed E-state index contributed by atoms with van der Waals surface area (Å²) in [6.07, 6.45) is 4.96. The van der Waals surface area contributed by atoms with Crippen LogP contribution in [0.15, 0.2) is 47.8 Å². The van der Waals surface area contributed by atoms with E-state index < -0.39 is 0 Å². The summed E-state index contributed by atoms with van der Waals surface area (Å²) in [4.78, 5) is 27.5. The van der Waals surface area contributed by atoms with Crippen LogP contribution >= 0.6 is 0 Å². The largest absolute Gasteiger partial charge is 0.326 e. The van der Waals surface area contributed by atoms with Crippen molar-refractivity contribution in [3.63, 3.8) is 0 Å². The molecule has 2 aromatic rings. The van der Waals surface area contributed by atoms with Gasteiger partial charge in [0.25, 0.3) is 0 Å². The van der Waals surface area contributed by atoms with Gasteiger partial charge in [-0.3, -0.25) is 14.6 Å². The number of anilines is 1. The monoisotopic (exact) mass is 324 g/mol. The van der Waals surface area contributed by atoms with E-state index in [4.69, 9.17) is 0 Å². The standard InChI is InChI=1S/C18H20N4O2/c1-13-5-6-16(10-14(13)2)21-17(23)7-8-18(24)22-20-12-15-4-3-9-19-11-15/h3-6,9-12H,7-8H2,1-2H3,(H,21,23)(H,22,24)/b20-12-. The molecule has 0 atom stereocenters. The van der Waals surface area contributed by atoms with Crippen molar-refractivity contribution in [3.05, 3.63) is 59.4 Å². The van der Waals surface area contributed by atoms with Crippen molar-refractivity contribution >= 4 is 23.7 Å². The summed E-state index contributed by atoms with van der Waals surface area (Å²) in [5.41, 5.74) is 6.18. The first kappa shape index (κ1) is 17.3. The Balaban J connectivity index is 1.73. The van der Waals surface area contributed by atoms with Crippen LogP contribution < -0.4 is 10.7 Å². The van der Waals surface area contributed by atoms with Gasteiger partial charge in [-0.1, -0.05) is 12.1 Å². The van der Waals surface area contributed by atoms with E-state index in [1.165, 1.54) is 11.8 Å². The lowest BCUT2D eigenvalue weighted by molar-refractivity contribution is -0.124. The predicted octanol–water partition coefficient (Wildman–Crippen LogP) is 2.57. The first-order valence-electron chi connectivity index (χ1n) is 7.63. The van der Waals surface area contributed by atoms with Crippen molar-refractivity contribution in [2.75, 3.05) is 5.32 Å². The average Bonchev–Trinajstić information content (AvgIpc) is 2.57. The van der Waals surface area contributed by atoms with Gasteiger partial charge in [-0.2, -0.15) is 5.10 Å². The van der Waals surface area contributed by atoms with Crippen molar-refractivity contribution in [2.45, 2.75) is 26.7 Å². The van der Waals surface area contributed by atoms with Crippen LogP contribution in [0, 0.1) is 13.8 Å². The number of hydrazone groups is 1. The molecule has 6 heteroatoms. The summed E-state index contributed by atoms with van der Waals surface area (Å²) in [6, 6.07) is 9.30. The lowest BCUT2D eigenvalue weighted by Gasteiger charge is -2.07. The van der Waals surface area contributed by atoms with E-state index in [0.717, 1.165) is 16.8 Å². The van der Waals surface area contributed by atoms with Crippen molar-refractivity contribution in [2.24, 2.45) is 5.10 Å². The number of nitrogens with one attached hydrogen (secondary N) is 2. The molecule has 0 bridgehead atoms. The number of aryl methyl sites for hydroxylation is 2. The predicted molar refractivity (Wildman–Crippen MR) is 93.8 cm³/mol. The molecule has 0 aliphatic carbocycles. The van der Waals surface area contributed by atoms with Crippen LogP contribution in [0.25, 0.3) is 0 Å². The highest BCUT2D eigenvalue weighted by Crippen LogP contribution is 2.14. The van der Waals surface area contributed by atoms with Crippen LogP contribution in [0.1, 0.15) is 29.5 Å². The SMILES string of the molecule is Cc1ccc(NC(=O)CCC(=O)N/N=C\c2cccnc2)cc1C. The molecule has 1 aromatic carbocycles. The van der Waals surface area contributed by atoms with E-state index in [1.807, 2.05) is 38.1 Å². The van der Waals surface area contributed by atoms with E-state index in [-0.39, 0.29) is 24.7 Å². The Labute approximate surface area is 141 Å². The maximum atomic E-state index is 11.9. The molecule has 24 heavy (non-hydrogen) atoms. The zero-order chi connectivity index (χ0) is 17.4. The van der Waals surface area contributed by atoms with Crippen LogP contribution in [0.5, 0.6) is 0 Å². The van der Waals surface area contributed by atoms with Gasteiger partial charge in [0.1, 0.15) is 0 Å². The molecular weight excluding hydrogens is 304 g/mol. The van der Waals surface area contributed by atoms with Crippen LogP contribution in [0.2, 0.25) is 0 Å². The first-order valence-corrected chi connectivity index (χ1v) is 7.63. The number of carbonyl (C=O) groups excluding carboxylic acids is 2. The fourth-order valence-corrected chi connectivity index (χ4v) is 1.96. The molecule has 0 radical (unpaired) electrons. The number of benzene rings is 1. The van der Waals surface area contributed by atoms with Gasteiger partial charge < -0.3 is 5.32 Å². The number of carbonyl (C=O) groups is 2. The topological polar surface area (TPSA) is 83.5 Å². The van der Waals surface area contributed by atoms with E-state index >= 15 is 0 Å². The van der Waals surface area contributed by atoms with Gasteiger partial charge in [0.15, 0.2) is 0 Å². The second-order valence-electron chi connectivity index (χ2n) is 5.43. The number of aromatic nitrogens is 1.